The summed E-state index contributed by atoms with van der Waals surface area (Å²) in [4.78, 5) is 18.7. The molecular weight excluding hydrogens is 214 g/mol. The topological polar surface area (TPSA) is 50.1 Å². The van der Waals surface area contributed by atoms with Gasteiger partial charge in [-0.15, -0.1) is 0 Å². The summed E-state index contributed by atoms with van der Waals surface area (Å²) in [6.07, 6.45) is 3.56. The summed E-state index contributed by atoms with van der Waals surface area (Å²) in [5.41, 5.74) is 2.66. The molecule has 1 heterocycles. The highest BCUT2D eigenvalue weighted by atomic mass is 16.1. The van der Waals surface area contributed by atoms with Crippen molar-refractivity contribution < 1.29 is 0 Å². The van der Waals surface area contributed by atoms with Crippen molar-refractivity contribution in [1.82, 2.24) is 9.55 Å². The normalized spacial score (nSPS) is 11.6. The molecule has 0 spiro atoms. The largest absolute Gasteiger partial charge is 0.325 e. The number of hydrogen-bond acceptors (Lipinski definition) is 2. The van der Waals surface area contributed by atoms with Gasteiger partial charge in [0.1, 0.15) is 0 Å². The highest BCUT2D eigenvalue weighted by molar-refractivity contribution is 5.62. The van der Waals surface area contributed by atoms with Crippen LogP contribution in [0.1, 0.15) is 38.6 Å². The van der Waals surface area contributed by atoms with Crippen molar-refractivity contribution in [1.29, 1.82) is 0 Å². The molecule has 0 unspecified atom stereocenters. The molecule has 0 aliphatic carbocycles. The minimum absolute atomic E-state index is 0.0844. The second kappa shape index (κ2) is 5.66. The molecule has 4 heteroatoms. The second-order valence-corrected chi connectivity index (χ2v) is 4.56. The van der Waals surface area contributed by atoms with Gasteiger partial charge in [-0.3, -0.25) is 9.56 Å². The van der Waals surface area contributed by atoms with Crippen molar-refractivity contribution in [3.8, 4) is 0 Å². The maximum atomic E-state index is 11.5. The van der Waals surface area contributed by atoms with Gasteiger partial charge in [-0.2, -0.15) is 0 Å². The van der Waals surface area contributed by atoms with Crippen molar-refractivity contribution in [2.75, 3.05) is 0 Å². The van der Waals surface area contributed by atoms with Gasteiger partial charge in [-0.05, 0) is 45.4 Å². The molecule has 1 rings (SSSR count). The fourth-order valence-corrected chi connectivity index (χ4v) is 1.69. The van der Waals surface area contributed by atoms with E-state index in [0.717, 1.165) is 29.8 Å². The van der Waals surface area contributed by atoms with Crippen molar-refractivity contribution in [2.24, 2.45) is 12.0 Å². The van der Waals surface area contributed by atoms with Gasteiger partial charge in [0.15, 0.2) is 0 Å². The number of allylic oxidation sites excluding steroid dienone is 1. The Kier molecular flexibility index (Phi) is 4.49. The average Bonchev–Trinajstić information content (AvgIpc) is 2.51. The summed E-state index contributed by atoms with van der Waals surface area (Å²) in [5, 5.41) is 0. The van der Waals surface area contributed by atoms with Crippen molar-refractivity contribution in [2.45, 2.75) is 39.7 Å². The fraction of sp³-hybridized carbons (Fsp3) is 0.538. The molecule has 0 saturated heterocycles. The first-order valence-electron chi connectivity index (χ1n) is 5.89. The number of hydrogen-bond donors (Lipinski definition) is 1. The maximum absolute atomic E-state index is 11.5. The van der Waals surface area contributed by atoms with Crippen LogP contribution in [0.5, 0.6) is 0 Å². The van der Waals surface area contributed by atoms with Crippen LogP contribution in [0.4, 0.5) is 0 Å². The molecule has 0 amide bonds. The molecule has 0 fully saturated rings. The van der Waals surface area contributed by atoms with Crippen LogP contribution < -0.4 is 5.69 Å². The molecule has 0 saturated carbocycles. The number of rotatable bonds is 5. The summed E-state index contributed by atoms with van der Waals surface area (Å²) < 4.78 is 1.65. The van der Waals surface area contributed by atoms with E-state index in [-0.39, 0.29) is 5.69 Å². The van der Waals surface area contributed by atoms with Gasteiger partial charge in [0.25, 0.3) is 0 Å². The number of H-pyrrole nitrogens is 1. The summed E-state index contributed by atoms with van der Waals surface area (Å²) in [5.74, 6) is 0. The van der Waals surface area contributed by atoms with E-state index in [4.69, 9.17) is 0 Å². The summed E-state index contributed by atoms with van der Waals surface area (Å²) in [7, 11) is 1.78. The fourth-order valence-electron chi connectivity index (χ4n) is 1.69. The lowest BCUT2D eigenvalue weighted by Gasteiger charge is -2.04. The summed E-state index contributed by atoms with van der Waals surface area (Å²) in [6.45, 7) is 9.87. The summed E-state index contributed by atoms with van der Waals surface area (Å²) in [6, 6.07) is 0.325. The predicted octanol–water partition coefficient (Wildman–Crippen LogP) is 2.16. The Bertz CT molecular complexity index is 477. The van der Waals surface area contributed by atoms with Crippen LogP contribution in [0, 0.1) is 0 Å². The molecule has 0 aliphatic rings. The van der Waals surface area contributed by atoms with E-state index in [0.29, 0.717) is 6.04 Å². The van der Waals surface area contributed by atoms with E-state index in [1.807, 2.05) is 27.0 Å². The van der Waals surface area contributed by atoms with E-state index in [9.17, 15) is 4.79 Å². The summed E-state index contributed by atoms with van der Waals surface area (Å²) >= 11 is 0. The molecule has 0 atom stereocenters. The van der Waals surface area contributed by atoms with E-state index in [2.05, 4.69) is 16.6 Å². The number of nitrogens with one attached hydrogen (secondary N) is 1. The van der Waals surface area contributed by atoms with Gasteiger partial charge >= 0.3 is 5.69 Å². The van der Waals surface area contributed by atoms with Crippen LogP contribution in [-0.2, 0) is 13.5 Å². The number of nitrogens with zero attached hydrogens (tertiary/aromatic N) is 2. The minimum atomic E-state index is -0.0844. The lowest BCUT2D eigenvalue weighted by Crippen LogP contribution is -2.14. The molecule has 1 N–H and O–H groups in total. The molecule has 1 aromatic heterocycles. The molecule has 17 heavy (non-hydrogen) atoms. The maximum Gasteiger partial charge on any atom is 0.325 e. The average molecular weight is 235 g/mol. The second-order valence-electron chi connectivity index (χ2n) is 4.56. The van der Waals surface area contributed by atoms with Gasteiger partial charge < -0.3 is 4.98 Å². The smallest absolute Gasteiger partial charge is 0.306 e. The van der Waals surface area contributed by atoms with Gasteiger partial charge in [-0.1, -0.05) is 6.58 Å². The number of aliphatic imine (C=N–C) groups is 1. The Morgan fingerprint density at radius 3 is 2.76 bits per heavy atom. The Morgan fingerprint density at radius 1 is 1.59 bits per heavy atom. The Hall–Kier alpha value is -1.58. The van der Waals surface area contributed by atoms with Gasteiger partial charge in [0.05, 0.1) is 5.69 Å². The van der Waals surface area contributed by atoms with Crippen LogP contribution in [0.25, 0.3) is 5.57 Å². The number of aromatic nitrogens is 2. The SMILES string of the molecule is C=C(C)c1[nH]c(=O)n(C)c1CC/C=N/C(C)C. The van der Waals surface area contributed by atoms with Crippen molar-refractivity contribution in [3.63, 3.8) is 0 Å². The lowest BCUT2D eigenvalue weighted by molar-refractivity contribution is 0.782. The van der Waals surface area contributed by atoms with Gasteiger partial charge in [-0.25, -0.2) is 4.79 Å². The molecular formula is C13H21N3O. The Balaban J connectivity index is 2.83. The molecule has 4 nitrogen and oxygen atoms in total. The molecule has 0 aromatic carbocycles. The molecule has 0 aliphatic heterocycles. The van der Waals surface area contributed by atoms with E-state index < -0.39 is 0 Å². The van der Waals surface area contributed by atoms with E-state index in [1.165, 1.54) is 0 Å². The van der Waals surface area contributed by atoms with Gasteiger partial charge in [0, 0.05) is 18.8 Å². The standard InChI is InChI=1S/C13H21N3O/c1-9(2)12-11(16(5)13(17)15-12)7-6-8-14-10(3)4/h8,10H,1,6-7H2,2-5H3,(H,15,17)/b14-8+. The zero-order valence-corrected chi connectivity index (χ0v) is 11.1. The Morgan fingerprint density at radius 2 is 2.24 bits per heavy atom. The third-order valence-corrected chi connectivity index (χ3v) is 2.57. The molecule has 0 bridgehead atoms. The van der Waals surface area contributed by atoms with Crippen LogP contribution in [0.2, 0.25) is 0 Å². The monoisotopic (exact) mass is 235 g/mol. The molecule has 1 aromatic rings. The first-order chi connectivity index (χ1) is 7.93. The molecule has 0 radical (unpaired) electrons. The van der Waals surface area contributed by atoms with Crippen molar-refractivity contribution >= 4 is 11.8 Å². The van der Waals surface area contributed by atoms with Gasteiger partial charge in [0.2, 0.25) is 0 Å². The van der Waals surface area contributed by atoms with Crippen LogP contribution >= 0.6 is 0 Å². The van der Waals surface area contributed by atoms with Crippen LogP contribution in [-0.4, -0.2) is 21.8 Å². The zero-order chi connectivity index (χ0) is 13.0. The highest BCUT2D eigenvalue weighted by Gasteiger charge is 2.10. The first kappa shape index (κ1) is 13.5. The third kappa shape index (κ3) is 3.44. The van der Waals surface area contributed by atoms with Crippen molar-refractivity contribution in [3.05, 3.63) is 28.5 Å². The predicted molar refractivity (Wildman–Crippen MR) is 72.7 cm³/mol. The van der Waals surface area contributed by atoms with Crippen LogP contribution in [0.15, 0.2) is 16.4 Å². The van der Waals surface area contributed by atoms with E-state index >= 15 is 0 Å². The third-order valence-electron chi connectivity index (χ3n) is 2.57. The van der Waals surface area contributed by atoms with Crippen LogP contribution in [0.3, 0.4) is 0 Å². The number of aromatic amines is 1. The number of imidazole rings is 1. The first-order valence-corrected chi connectivity index (χ1v) is 5.89. The molecule has 94 valence electrons. The van der Waals surface area contributed by atoms with E-state index in [1.54, 1.807) is 11.6 Å². The zero-order valence-electron chi connectivity index (χ0n) is 11.1. The lowest BCUT2D eigenvalue weighted by atomic mass is 10.1. The Labute approximate surface area is 102 Å². The highest BCUT2D eigenvalue weighted by Crippen LogP contribution is 2.14. The minimum Gasteiger partial charge on any atom is -0.306 e. The quantitative estimate of drug-likeness (QED) is 0.781.